The van der Waals surface area contributed by atoms with Crippen molar-refractivity contribution in [2.75, 3.05) is 76.2 Å². The number of ether oxygens (including phenoxy) is 11. The lowest BCUT2D eigenvalue weighted by atomic mass is 10.1. The van der Waals surface area contributed by atoms with Crippen LogP contribution >= 0.6 is 0 Å². The lowest BCUT2D eigenvalue weighted by Gasteiger charge is -2.15. The van der Waals surface area contributed by atoms with Crippen LogP contribution in [0.3, 0.4) is 0 Å². The predicted molar refractivity (Wildman–Crippen MR) is 439 cm³/mol. The third kappa shape index (κ3) is 19.9. The minimum atomic E-state index is -4.52. The zero-order valence-corrected chi connectivity index (χ0v) is 71.6. The van der Waals surface area contributed by atoms with Crippen molar-refractivity contribution in [3.05, 3.63) is 190 Å². The Balaban J connectivity index is 0.000000190. The van der Waals surface area contributed by atoms with Crippen LogP contribution in [0.5, 0.6) is 57.5 Å². The molecule has 0 fully saturated rings. The number of carbonyl (C=O) groups excluding carboxylic acids is 4. The van der Waals surface area contributed by atoms with Crippen LogP contribution in [0.1, 0.15) is 50.5 Å². The monoisotopic (exact) mass is 1760 g/mol. The summed E-state index contributed by atoms with van der Waals surface area (Å²) in [5.74, 6) is 0.263. The fourth-order valence-electron chi connectivity index (χ4n) is 12.0. The largest absolute Gasteiger partial charge is 0.497 e. The molecule has 0 aliphatic rings. The number of methoxy groups -OCH3 is 7. The summed E-state index contributed by atoms with van der Waals surface area (Å²) in [5.41, 5.74) is 22.8. The average Bonchev–Trinajstić information content (AvgIpc) is 1.59. The molecular formula is C78H82N12O24S6. The van der Waals surface area contributed by atoms with Gasteiger partial charge in [-0.05, 0) is 139 Å². The van der Waals surface area contributed by atoms with Gasteiger partial charge in [0.15, 0.2) is 37.9 Å². The second-order valence-electron chi connectivity index (χ2n) is 25.8. The second kappa shape index (κ2) is 38.4. The minimum Gasteiger partial charge on any atom is -0.497 e. The van der Waals surface area contributed by atoms with Crippen LogP contribution < -0.4 is 64.6 Å². The number of amides is 3. The number of pyridine rings is 3. The van der Waals surface area contributed by atoms with Crippen LogP contribution in [0.2, 0.25) is 0 Å². The van der Waals surface area contributed by atoms with Crippen molar-refractivity contribution in [1.29, 1.82) is 0 Å². The number of carbonyl (C=O) groups is 4. The molecule has 120 heavy (non-hydrogen) atoms. The first-order valence-electron chi connectivity index (χ1n) is 35.4. The quantitative estimate of drug-likeness (QED) is 0.0349. The molecule has 12 aromatic rings. The molecule has 0 aliphatic carbocycles. The maximum atomic E-state index is 14.2. The van der Waals surface area contributed by atoms with E-state index in [4.69, 9.17) is 64.6 Å². The van der Waals surface area contributed by atoms with Gasteiger partial charge >= 0.3 is 5.97 Å². The van der Waals surface area contributed by atoms with Crippen LogP contribution in [0.15, 0.2) is 170 Å². The number of aryl methyl sites for hydroxylation is 3. The molecule has 3 unspecified atom stereocenters. The van der Waals surface area contributed by atoms with Crippen molar-refractivity contribution < 1.29 is 109 Å². The lowest BCUT2D eigenvalue weighted by Crippen LogP contribution is -2.22. The predicted octanol–water partition coefficient (Wildman–Crippen LogP) is 6.97. The molecule has 6 heterocycles. The highest BCUT2D eigenvalue weighted by Crippen LogP contribution is 2.38. The Morgan fingerprint density at radius 2 is 0.650 bits per heavy atom. The summed E-state index contributed by atoms with van der Waals surface area (Å²) in [7, 11) is -8.63. The Morgan fingerprint density at radius 3 is 0.958 bits per heavy atom. The molecule has 0 aliphatic heterocycles. The molecule has 0 saturated carbocycles. The van der Waals surface area contributed by atoms with Gasteiger partial charge in [0, 0.05) is 76.2 Å². The Morgan fingerprint density at radius 1 is 0.358 bits per heavy atom. The molecule has 36 nitrogen and oxygen atoms in total. The number of fused-ring (bicyclic) bond motifs is 3. The highest BCUT2D eigenvalue weighted by Gasteiger charge is 2.34. The molecule has 42 heteroatoms. The van der Waals surface area contributed by atoms with Crippen LogP contribution in [0.25, 0.3) is 33.1 Å². The molecule has 0 saturated heterocycles. The lowest BCUT2D eigenvalue weighted by molar-refractivity contribution is -0.143. The maximum Gasteiger partial charge on any atom is 0.343 e. The maximum absolute atomic E-state index is 14.2. The number of aromatic nitrogens is 9. The standard InChI is InChI=1S/C27H29N5O9S2.C26H27N3O8S2.C25H26N4O7S2/c1-15-11-30-20(16(2)26(15)39-4)14-42(35)27-31-19-9-17(38-3)5-7-21(19)32(27)43(36,37)18-6-8-22(40-12-24(28)33)23(10-18)41-13-25(29)34;1-16-13-27-22(17(2)25(16)36-5)15-38(31)26-28-21-12-19(34-3)8-11-23(21)29(26)39(32,33)20-9-6-18(7-10-20)37-14-24(30)35-4;1-15-12-27-21(16(2)24(15)35-4)14-37(31)25-28-20-11-18(34-3)7-10-22(20)29(25)38(32,33)19-8-5-17(6-9-19)36-13-23(26)30/h5-11H,12-14H2,1-4H3,(H2,28,33)(H2,29,34);6-13H,14-15H2,1-5H3;5-12H,13-14H2,1-4H3,(H2,26,30). The third-order valence-electron chi connectivity index (χ3n) is 17.9. The summed E-state index contributed by atoms with van der Waals surface area (Å²) in [5, 5.41) is -0.592. The molecule has 6 aromatic carbocycles. The van der Waals surface area contributed by atoms with Crippen LogP contribution in [0, 0.1) is 41.5 Å². The van der Waals surface area contributed by atoms with Gasteiger partial charge in [-0.2, -0.15) is 0 Å². The van der Waals surface area contributed by atoms with Gasteiger partial charge in [-0.25, -0.2) is 56.9 Å². The average molecular weight is 1760 g/mol. The SMILES string of the molecule is COC(=O)COc1ccc(S(=O)(=O)n2c(S(=O)Cc3ncc(C)c(OC)c3C)nc3cc(OC)ccc32)cc1.COc1ccc2c(c1)nc(S(=O)Cc1ncc(C)c(OC)c1C)n2S(=O)(=O)c1ccc(OCC(N)=O)c(OCC(N)=O)c1.COc1ccc2c(c1)nc(S(=O)Cc1ncc(C)c(OC)c1C)n2S(=O)(=O)c1ccc(OCC(N)=O)cc1. The first-order chi connectivity index (χ1) is 57.0. The summed E-state index contributed by atoms with van der Waals surface area (Å²) >= 11 is 0. The zero-order valence-electron chi connectivity index (χ0n) is 66.7. The van der Waals surface area contributed by atoms with E-state index in [-0.39, 0.29) is 106 Å². The van der Waals surface area contributed by atoms with Crippen molar-refractivity contribution in [3.63, 3.8) is 0 Å². The van der Waals surface area contributed by atoms with E-state index < -0.39 is 99.4 Å². The number of rotatable bonds is 33. The molecule has 0 spiro atoms. The number of hydrogen-bond acceptors (Lipinski definition) is 30. The van der Waals surface area contributed by atoms with Gasteiger partial charge in [0.05, 0.1) is 164 Å². The van der Waals surface area contributed by atoms with E-state index in [1.807, 2.05) is 20.8 Å². The zero-order chi connectivity index (χ0) is 87.4. The van der Waals surface area contributed by atoms with E-state index in [9.17, 15) is 57.1 Å². The Hall–Kier alpha value is -12.6. The van der Waals surface area contributed by atoms with E-state index in [2.05, 4.69) is 34.6 Å². The van der Waals surface area contributed by atoms with E-state index in [0.29, 0.717) is 79.3 Å². The van der Waals surface area contributed by atoms with Gasteiger partial charge in [0.25, 0.3) is 47.8 Å². The molecule has 0 radical (unpaired) electrons. The van der Waals surface area contributed by atoms with Crippen LogP contribution in [0.4, 0.5) is 0 Å². The van der Waals surface area contributed by atoms with E-state index >= 15 is 0 Å². The molecule has 6 N–H and O–H groups in total. The molecule has 3 amide bonds. The van der Waals surface area contributed by atoms with Gasteiger partial charge in [0.2, 0.25) is 15.5 Å². The Labute approximate surface area is 696 Å². The normalized spacial score (nSPS) is 12.2. The number of esters is 1. The van der Waals surface area contributed by atoms with Crippen molar-refractivity contribution in [2.24, 2.45) is 17.2 Å². The smallest absolute Gasteiger partial charge is 0.343 e. The number of hydrogen-bond donors (Lipinski definition) is 3. The highest BCUT2D eigenvalue weighted by molar-refractivity contribution is 7.92. The molecule has 3 atom stereocenters. The Bertz CT molecular complexity index is 6380. The van der Waals surface area contributed by atoms with Crippen LogP contribution in [-0.2, 0) is 104 Å². The number of nitrogens with two attached hydrogens (primary N) is 3. The molecule has 6 aromatic heterocycles. The summed E-state index contributed by atoms with van der Waals surface area (Å²) < 4.78 is 186. The first-order valence-corrected chi connectivity index (χ1v) is 43.7. The third-order valence-corrected chi connectivity index (χ3v) is 27.1. The number of primary amides is 3. The van der Waals surface area contributed by atoms with Gasteiger partial charge in [-0.1, -0.05) is 0 Å². The molecular weight excluding hydrogens is 1680 g/mol. The van der Waals surface area contributed by atoms with Crippen molar-refractivity contribution in [1.82, 2.24) is 41.8 Å². The fraction of sp³-hybridized carbons (Fsp3) is 0.256. The minimum absolute atomic E-state index is 0.0575. The van der Waals surface area contributed by atoms with Gasteiger partial charge in [0.1, 0.15) is 46.0 Å². The summed E-state index contributed by atoms with van der Waals surface area (Å²) in [6, 6.07) is 28.4. The summed E-state index contributed by atoms with van der Waals surface area (Å²) in [6.45, 7) is 9.10. The van der Waals surface area contributed by atoms with E-state index in [1.165, 1.54) is 108 Å². The second-order valence-corrected chi connectivity index (χ2v) is 35.2. The van der Waals surface area contributed by atoms with Crippen molar-refractivity contribution in [2.45, 2.75) is 89.0 Å². The topological polar surface area (TPSA) is 494 Å². The van der Waals surface area contributed by atoms with Gasteiger partial charge in [-0.3, -0.25) is 42.0 Å². The first kappa shape index (κ1) is 89.7. The molecule has 0 bridgehead atoms. The summed E-state index contributed by atoms with van der Waals surface area (Å²) in [6.07, 6.45) is 4.82. The van der Waals surface area contributed by atoms with Gasteiger partial charge < -0.3 is 69.3 Å². The van der Waals surface area contributed by atoms with E-state index in [0.717, 1.165) is 34.7 Å². The molecule has 634 valence electrons. The Kier molecular flexibility index (Phi) is 28.7. The van der Waals surface area contributed by atoms with Crippen molar-refractivity contribution in [3.8, 4) is 57.5 Å². The number of imidazole rings is 3. The summed E-state index contributed by atoms with van der Waals surface area (Å²) in [4.78, 5) is 70.9. The number of benzene rings is 6. The van der Waals surface area contributed by atoms with Gasteiger partial charge in [-0.15, -0.1) is 0 Å². The fourth-order valence-corrected chi connectivity index (χ4v) is 21.2. The van der Waals surface area contributed by atoms with Crippen LogP contribution in [-0.4, -0.2) is 180 Å². The molecule has 12 rings (SSSR count). The number of nitrogens with zero attached hydrogens (tertiary/aromatic N) is 9. The van der Waals surface area contributed by atoms with Crippen molar-refractivity contribution >= 4 is 119 Å². The highest BCUT2D eigenvalue weighted by atomic mass is 32.2. The van der Waals surface area contributed by atoms with E-state index in [1.54, 1.807) is 96.0 Å².